The summed E-state index contributed by atoms with van der Waals surface area (Å²) < 4.78 is 2.53. The molecule has 0 saturated carbocycles. The van der Waals surface area contributed by atoms with Gasteiger partial charge in [0.2, 0.25) is 5.69 Å². The van der Waals surface area contributed by atoms with Gasteiger partial charge in [0.1, 0.15) is 6.17 Å². The summed E-state index contributed by atoms with van der Waals surface area (Å²) in [5.41, 5.74) is 9.24. The first-order valence-corrected chi connectivity index (χ1v) is 12.9. The highest BCUT2D eigenvalue weighted by Crippen LogP contribution is 2.46. The Hall–Kier alpha value is -4.11. The molecule has 36 heavy (non-hydrogen) atoms. The minimum Gasteiger partial charge on any atom is -0.322 e. The zero-order chi connectivity index (χ0) is 24.1. The summed E-state index contributed by atoms with van der Waals surface area (Å²) in [4.78, 5) is 4.81. The van der Waals surface area contributed by atoms with E-state index in [0.717, 1.165) is 19.3 Å². The van der Waals surface area contributed by atoms with Crippen LogP contribution < -0.4 is 14.4 Å². The van der Waals surface area contributed by atoms with Crippen molar-refractivity contribution in [1.82, 2.24) is 0 Å². The van der Waals surface area contributed by atoms with Crippen LogP contribution in [0.2, 0.25) is 0 Å². The van der Waals surface area contributed by atoms with Crippen molar-refractivity contribution < 1.29 is 4.57 Å². The Balaban J connectivity index is 1.39. The smallest absolute Gasteiger partial charge is 0.213 e. The molecule has 3 heteroatoms. The van der Waals surface area contributed by atoms with Crippen LogP contribution in [0.25, 0.3) is 11.3 Å². The monoisotopic (exact) mass is 468 g/mol. The van der Waals surface area contributed by atoms with E-state index in [2.05, 4.69) is 130 Å². The molecule has 0 bridgehead atoms. The van der Waals surface area contributed by atoms with Gasteiger partial charge in [-0.1, -0.05) is 61.2 Å². The molecule has 4 aromatic rings. The second kappa shape index (κ2) is 8.53. The van der Waals surface area contributed by atoms with Gasteiger partial charge in [0.15, 0.2) is 12.2 Å². The van der Waals surface area contributed by atoms with Crippen LogP contribution in [0.5, 0.6) is 0 Å². The minimum atomic E-state index is 0.0432. The molecule has 0 N–H and O–H groups in total. The third-order valence-electron chi connectivity index (χ3n) is 8.14. The molecular weight excluding hydrogens is 438 g/mol. The predicted octanol–water partition coefficient (Wildman–Crippen LogP) is 7.00. The normalized spacial score (nSPS) is 22.2. The number of hydrogen-bond donors (Lipinski definition) is 0. The fourth-order valence-electron chi connectivity index (χ4n) is 6.55. The van der Waals surface area contributed by atoms with Crippen molar-refractivity contribution in [2.75, 3.05) is 9.80 Å². The Morgan fingerprint density at radius 3 is 2.42 bits per heavy atom. The fourth-order valence-corrected chi connectivity index (χ4v) is 6.55. The summed E-state index contributed by atoms with van der Waals surface area (Å²) in [5.74, 6) is 0.374. The van der Waals surface area contributed by atoms with Gasteiger partial charge in [0.05, 0.1) is 5.92 Å². The molecular formula is C33H30N3+. The molecule has 3 aliphatic rings. The van der Waals surface area contributed by atoms with Gasteiger partial charge in [-0.15, -0.1) is 0 Å². The van der Waals surface area contributed by atoms with E-state index in [1.165, 1.54) is 39.3 Å². The van der Waals surface area contributed by atoms with Gasteiger partial charge in [0, 0.05) is 47.9 Å². The summed E-state index contributed by atoms with van der Waals surface area (Å²) in [5, 5.41) is 0. The Morgan fingerprint density at radius 1 is 0.750 bits per heavy atom. The highest BCUT2D eigenvalue weighted by Gasteiger charge is 2.42. The van der Waals surface area contributed by atoms with Crippen LogP contribution in [-0.4, -0.2) is 6.17 Å². The zero-order valence-corrected chi connectivity index (χ0v) is 20.4. The van der Waals surface area contributed by atoms with E-state index in [-0.39, 0.29) is 6.17 Å². The molecule has 0 amide bonds. The molecule has 3 nitrogen and oxygen atoms in total. The van der Waals surface area contributed by atoms with Crippen LogP contribution >= 0.6 is 0 Å². The van der Waals surface area contributed by atoms with E-state index in [1.54, 1.807) is 0 Å². The van der Waals surface area contributed by atoms with E-state index in [4.69, 9.17) is 6.58 Å². The number of aromatic nitrogens is 1. The van der Waals surface area contributed by atoms with Crippen LogP contribution in [0.15, 0.2) is 128 Å². The van der Waals surface area contributed by atoms with E-state index in [1.807, 2.05) is 0 Å². The van der Waals surface area contributed by atoms with Crippen molar-refractivity contribution in [2.24, 2.45) is 0 Å². The molecule has 0 spiro atoms. The number of anilines is 2. The van der Waals surface area contributed by atoms with Crippen molar-refractivity contribution in [3.05, 3.63) is 139 Å². The zero-order valence-electron chi connectivity index (χ0n) is 20.4. The van der Waals surface area contributed by atoms with E-state index in [9.17, 15) is 0 Å². The van der Waals surface area contributed by atoms with Crippen molar-refractivity contribution >= 4 is 11.4 Å². The Labute approximate surface area is 213 Å². The molecule has 0 aliphatic carbocycles. The summed E-state index contributed by atoms with van der Waals surface area (Å²) >= 11 is 0. The van der Waals surface area contributed by atoms with Gasteiger partial charge < -0.3 is 9.80 Å². The summed E-state index contributed by atoms with van der Waals surface area (Å²) in [6, 6.07) is 35.6. The van der Waals surface area contributed by atoms with Gasteiger partial charge in [-0.25, -0.2) is 0 Å². The minimum absolute atomic E-state index is 0.0432. The maximum absolute atomic E-state index is 4.77. The molecule has 0 radical (unpaired) electrons. The van der Waals surface area contributed by atoms with Crippen molar-refractivity contribution in [3.8, 4) is 11.3 Å². The lowest BCUT2D eigenvalue weighted by Crippen LogP contribution is -2.49. The number of para-hydroxylation sites is 2. The molecule has 3 atom stereocenters. The number of rotatable bonds is 1. The molecule has 176 valence electrons. The molecule has 3 aromatic carbocycles. The van der Waals surface area contributed by atoms with Gasteiger partial charge in [0.25, 0.3) is 0 Å². The van der Waals surface area contributed by atoms with E-state index >= 15 is 0 Å². The lowest BCUT2D eigenvalue weighted by molar-refractivity contribution is -0.718. The fraction of sp³-hybridized carbons (Fsp3) is 0.182. The van der Waals surface area contributed by atoms with Gasteiger partial charge >= 0.3 is 0 Å². The van der Waals surface area contributed by atoms with Crippen LogP contribution in [0, 0.1) is 0 Å². The first kappa shape index (κ1) is 21.2. The van der Waals surface area contributed by atoms with Crippen LogP contribution in [0.4, 0.5) is 11.4 Å². The highest BCUT2D eigenvalue weighted by atomic mass is 15.4. The third kappa shape index (κ3) is 3.30. The number of pyridine rings is 1. The first-order chi connectivity index (χ1) is 17.8. The Bertz CT molecular complexity index is 1470. The van der Waals surface area contributed by atoms with Gasteiger partial charge in [-0.2, -0.15) is 4.57 Å². The number of fused-ring (bicyclic) bond motifs is 9. The van der Waals surface area contributed by atoms with E-state index < -0.39 is 0 Å². The van der Waals surface area contributed by atoms with Gasteiger partial charge in [-0.05, 0) is 59.9 Å². The Morgan fingerprint density at radius 2 is 1.50 bits per heavy atom. The summed E-state index contributed by atoms with van der Waals surface area (Å²) in [6.45, 7) is 4.77. The SMILES string of the molecule is C=C1CC2c3ccccc3-c3cccc[n+]3C2CCc2ccccc2N2C=CN(c3ccccc3)C12. The lowest BCUT2D eigenvalue weighted by atomic mass is 9.76. The highest BCUT2D eigenvalue weighted by molar-refractivity contribution is 5.67. The lowest BCUT2D eigenvalue weighted by Gasteiger charge is -2.39. The number of benzene rings is 3. The van der Waals surface area contributed by atoms with Gasteiger partial charge in [-0.3, -0.25) is 0 Å². The topological polar surface area (TPSA) is 10.4 Å². The van der Waals surface area contributed by atoms with Crippen molar-refractivity contribution in [1.29, 1.82) is 0 Å². The molecule has 3 unspecified atom stereocenters. The van der Waals surface area contributed by atoms with Crippen molar-refractivity contribution in [3.63, 3.8) is 0 Å². The molecule has 0 saturated heterocycles. The second-order valence-corrected chi connectivity index (χ2v) is 10.1. The molecule has 7 rings (SSSR count). The summed E-state index contributed by atoms with van der Waals surface area (Å²) in [7, 11) is 0. The van der Waals surface area contributed by atoms with Crippen LogP contribution in [0.3, 0.4) is 0 Å². The first-order valence-electron chi connectivity index (χ1n) is 12.9. The van der Waals surface area contributed by atoms with Crippen LogP contribution in [0.1, 0.15) is 35.9 Å². The van der Waals surface area contributed by atoms with Crippen molar-refractivity contribution in [2.45, 2.75) is 37.4 Å². The maximum atomic E-state index is 4.77. The largest absolute Gasteiger partial charge is 0.322 e. The standard InChI is InChI=1S/C33H30N3/c1-24-23-29-27-14-6-7-15-28(27)31-17-9-10-20-35(31)32(29)19-18-25-11-5-8-16-30(25)36-22-21-34(33(24)36)26-12-3-2-4-13-26/h2-17,20-22,29,32-33H,1,18-19,23H2/q+1. The predicted molar refractivity (Wildman–Crippen MR) is 147 cm³/mol. The number of hydrogen-bond acceptors (Lipinski definition) is 2. The number of nitrogens with zero attached hydrogens (tertiary/aromatic N) is 3. The quantitative estimate of drug-likeness (QED) is 0.220. The molecule has 4 heterocycles. The molecule has 1 aromatic heterocycles. The average Bonchev–Trinajstić information content (AvgIpc) is 3.38. The maximum Gasteiger partial charge on any atom is 0.213 e. The number of aryl methyl sites for hydroxylation is 1. The van der Waals surface area contributed by atoms with Crippen LogP contribution in [-0.2, 0) is 6.42 Å². The summed E-state index contributed by atoms with van der Waals surface area (Å²) in [6.07, 6.45) is 9.85. The molecule has 0 fully saturated rings. The second-order valence-electron chi connectivity index (χ2n) is 10.1. The Kier molecular flexibility index (Phi) is 5.02. The molecule has 3 aliphatic heterocycles. The van der Waals surface area contributed by atoms with E-state index in [0.29, 0.717) is 12.0 Å². The average molecular weight is 469 g/mol. The third-order valence-corrected chi connectivity index (χ3v) is 8.14.